The van der Waals surface area contributed by atoms with Gasteiger partial charge in [0.2, 0.25) is 5.91 Å². The number of likely N-dealkylation sites (N-methyl/N-ethyl adjacent to an activating group) is 1. The van der Waals surface area contributed by atoms with Gasteiger partial charge in [0.1, 0.15) is 5.75 Å². The van der Waals surface area contributed by atoms with Gasteiger partial charge in [0.05, 0.1) is 18.8 Å². The molecule has 0 aliphatic carbocycles. The lowest BCUT2D eigenvalue weighted by Gasteiger charge is -2.36. The Hall–Kier alpha value is -2.61. The highest BCUT2D eigenvalue weighted by atomic mass is 16.5. The van der Waals surface area contributed by atoms with Gasteiger partial charge in [0.15, 0.2) is 0 Å². The number of nitrogens with one attached hydrogen (secondary N) is 2. The standard InChI is InChI=1S/C24H31N5O2/c1-27-11-13-28(14-12-27)18-9-7-17(8-10-18)24-19-16-29(23(30)15-20(19)25-26-24)21-5-3-4-6-22(21)31-2/h3-10,19-20,24-26H,11-16H2,1-2H3. The summed E-state index contributed by atoms with van der Waals surface area (Å²) < 4.78 is 5.51. The molecular formula is C24H31N5O2. The molecule has 164 valence electrons. The van der Waals surface area contributed by atoms with Gasteiger partial charge in [0.25, 0.3) is 0 Å². The van der Waals surface area contributed by atoms with Crippen LogP contribution in [0.25, 0.3) is 0 Å². The maximum Gasteiger partial charge on any atom is 0.228 e. The third kappa shape index (κ3) is 3.89. The summed E-state index contributed by atoms with van der Waals surface area (Å²) in [6, 6.07) is 17.0. The van der Waals surface area contributed by atoms with Crippen molar-refractivity contribution >= 4 is 17.3 Å². The van der Waals surface area contributed by atoms with Crippen molar-refractivity contribution in [1.29, 1.82) is 0 Å². The number of anilines is 2. The SMILES string of the molecule is COc1ccccc1N1CC2C(CC1=O)NNC2c1ccc(N2CCN(C)CC2)cc1. The Morgan fingerprint density at radius 3 is 2.45 bits per heavy atom. The van der Waals surface area contributed by atoms with Gasteiger partial charge < -0.3 is 19.4 Å². The number of hydrogen-bond acceptors (Lipinski definition) is 6. The van der Waals surface area contributed by atoms with Crippen molar-refractivity contribution in [3.8, 4) is 5.75 Å². The number of rotatable bonds is 4. The third-order valence-electron chi connectivity index (χ3n) is 6.95. The Balaban J connectivity index is 1.34. The minimum atomic E-state index is 0.131. The molecule has 0 bridgehead atoms. The molecule has 0 spiro atoms. The normalized spacial score (nSPS) is 26.8. The largest absolute Gasteiger partial charge is 0.495 e. The van der Waals surface area contributed by atoms with Crippen molar-refractivity contribution in [3.05, 3.63) is 54.1 Å². The fourth-order valence-electron chi connectivity index (χ4n) is 5.06. The van der Waals surface area contributed by atoms with E-state index in [1.54, 1.807) is 7.11 Å². The van der Waals surface area contributed by atoms with E-state index in [9.17, 15) is 4.79 Å². The van der Waals surface area contributed by atoms with Crippen molar-refractivity contribution in [2.75, 3.05) is 56.7 Å². The smallest absolute Gasteiger partial charge is 0.228 e. The van der Waals surface area contributed by atoms with Gasteiger partial charge in [-0.1, -0.05) is 24.3 Å². The van der Waals surface area contributed by atoms with E-state index in [-0.39, 0.29) is 23.9 Å². The van der Waals surface area contributed by atoms with Crippen LogP contribution in [-0.2, 0) is 4.79 Å². The number of carbonyl (C=O) groups excluding carboxylic acids is 1. The summed E-state index contributed by atoms with van der Waals surface area (Å²) in [5.41, 5.74) is 10.2. The zero-order valence-corrected chi connectivity index (χ0v) is 18.3. The van der Waals surface area contributed by atoms with Crippen LogP contribution >= 0.6 is 0 Å². The van der Waals surface area contributed by atoms with E-state index in [2.05, 4.69) is 52.0 Å². The number of amides is 1. The lowest BCUT2D eigenvalue weighted by atomic mass is 9.84. The Bertz CT molecular complexity index is 926. The maximum atomic E-state index is 12.9. The summed E-state index contributed by atoms with van der Waals surface area (Å²) >= 11 is 0. The predicted molar refractivity (Wildman–Crippen MR) is 122 cm³/mol. The zero-order valence-electron chi connectivity index (χ0n) is 18.3. The van der Waals surface area contributed by atoms with Crippen molar-refractivity contribution in [3.63, 3.8) is 0 Å². The van der Waals surface area contributed by atoms with E-state index in [0.717, 1.165) is 37.6 Å². The number of benzene rings is 2. The number of methoxy groups -OCH3 is 1. The zero-order chi connectivity index (χ0) is 21.4. The minimum Gasteiger partial charge on any atom is -0.495 e. The molecule has 3 atom stereocenters. The molecule has 0 radical (unpaired) electrons. The average molecular weight is 422 g/mol. The summed E-state index contributed by atoms with van der Waals surface area (Å²) in [7, 11) is 3.83. The molecule has 1 amide bonds. The molecule has 3 aliphatic heterocycles. The molecule has 2 aromatic carbocycles. The van der Waals surface area contributed by atoms with Gasteiger partial charge in [-0.05, 0) is 36.9 Å². The van der Waals surface area contributed by atoms with Crippen LogP contribution in [0.4, 0.5) is 11.4 Å². The van der Waals surface area contributed by atoms with Crippen LogP contribution in [0.5, 0.6) is 5.75 Å². The highest BCUT2D eigenvalue weighted by molar-refractivity contribution is 5.96. The number of hydrazine groups is 1. The second-order valence-electron chi connectivity index (χ2n) is 8.80. The second-order valence-corrected chi connectivity index (χ2v) is 8.80. The first-order valence-corrected chi connectivity index (χ1v) is 11.1. The second kappa shape index (κ2) is 8.49. The number of para-hydroxylation sites is 2. The van der Waals surface area contributed by atoms with Crippen LogP contribution in [0.1, 0.15) is 18.0 Å². The van der Waals surface area contributed by atoms with Crippen molar-refractivity contribution in [1.82, 2.24) is 15.8 Å². The topological polar surface area (TPSA) is 60.1 Å². The fraction of sp³-hybridized carbons (Fsp3) is 0.458. The molecule has 3 unspecified atom stereocenters. The van der Waals surface area contributed by atoms with Gasteiger partial charge in [-0.2, -0.15) is 0 Å². The third-order valence-corrected chi connectivity index (χ3v) is 6.95. The van der Waals surface area contributed by atoms with Gasteiger partial charge >= 0.3 is 0 Å². The number of nitrogens with zero attached hydrogens (tertiary/aromatic N) is 3. The Labute approximate surface area is 183 Å². The molecule has 0 aromatic heterocycles. The van der Waals surface area contributed by atoms with E-state index in [1.807, 2.05) is 29.2 Å². The van der Waals surface area contributed by atoms with Crippen LogP contribution in [0.3, 0.4) is 0 Å². The quantitative estimate of drug-likeness (QED) is 0.788. The average Bonchev–Trinajstić information content (AvgIpc) is 3.21. The van der Waals surface area contributed by atoms with Gasteiger partial charge in [-0.15, -0.1) is 0 Å². The van der Waals surface area contributed by atoms with E-state index < -0.39 is 0 Å². The molecule has 2 aromatic rings. The summed E-state index contributed by atoms with van der Waals surface area (Å²) in [5, 5.41) is 0. The molecule has 3 fully saturated rings. The van der Waals surface area contributed by atoms with Crippen molar-refractivity contribution in [2.24, 2.45) is 5.92 Å². The highest BCUT2D eigenvalue weighted by Crippen LogP contribution is 2.38. The molecule has 3 saturated heterocycles. The monoisotopic (exact) mass is 421 g/mol. The first kappa shape index (κ1) is 20.3. The molecule has 3 heterocycles. The molecular weight excluding hydrogens is 390 g/mol. The van der Waals surface area contributed by atoms with E-state index in [1.165, 1.54) is 11.3 Å². The lowest BCUT2D eigenvalue weighted by Crippen LogP contribution is -2.49. The molecule has 3 aliphatic rings. The first-order valence-electron chi connectivity index (χ1n) is 11.1. The van der Waals surface area contributed by atoms with E-state index in [4.69, 9.17) is 4.74 Å². The Kier molecular flexibility index (Phi) is 5.56. The summed E-state index contributed by atoms with van der Waals surface area (Å²) in [4.78, 5) is 19.6. The predicted octanol–water partition coefficient (Wildman–Crippen LogP) is 2.02. The molecule has 7 nitrogen and oxygen atoms in total. The van der Waals surface area contributed by atoms with Gasteiger partial charge in [-0.25, -0.2) is 5.43 Å². The number of ether oxygens (including phenoxy) is 1. The van der Waals surface area contributed by atoms with Gasteiger partial charge in [-0.3, -0.25) is 10.2 Å². The fourth-order valence-corrected chi connectivity index (χ4v) is 5.06. The molecule has 31 heavy (non-hydrogen) atoms. The summed E-state index contributed by atoms with van der Waals surface area (Å²) in [6.07, 6.45) is 0.478. The van der Waals surface area contributed by atoms with Crippen LogP contribution in [0.2, 0.25) is 0 Å². The van der Waals surface area contributed by atoms with Crippen LogP contribution in [-0.4, -0.2) is 63.7 Å². The Morgan fingerprint density at radius 1 is 0.968 bits per heavy atom. The molecule has 0 saturated carbocycles. The summed E-state index contributed by atoms with van der Waals surface area (Å²) in [6.45, 7) is 5.01. The van der Waals surface area contributed by atoms with Crippen LogP contribution in [0.15, 0.2) is 48.5 Å². The minimum absolute atomic E-state index is 0.131. The van der Waals surface area contributed by atoms with Crippen molar-refractivity contribution in [2.45, 2.75) is 18.5 Å². The molecule has 7 heteroatoms. The number of piperazine rings is 1. The number of carbonyl (C=O) groups is 1. The number of fused-ring (bicyclic) bond motifs is 1. The van der Waals surface area contributed by atoms with Crippen LogP contribution in [0, 0.1) is 5.92 Å². The van der Waals surface area contributed by atoms with Crippen molar-refractivity contribution < 1.29 is 9.53 Å². The van der Waals surface area contributed by atoms with E-state index in [0.29, 0.717) is 13.0 Å². The number of hydrogen-bond donors (Lipinski definition) is 2. The lowest BCUT2D eigenvalue weighted by molar-refractivity contribution is -0.120. The van der Waals surface area contributed by atoms with E-state index >= 15 is 0 Å². The molecule has 2 N–H and O–H groups in total. The van der Waals surface area contributed by atoms with Crippen LogP contribution < -0.4 is 25.4 Å². The Morgan fingerprint density at radius 2 is 1.71 bits per heavy atom. The summed E-state index contributed by atoms with van der Waals surface area (Å²) in [5.74, 6) is 1.16. The maximum absolute atomic E-state index is 12.9. The highest BCUT2D eigenvalue weighted by Gasteiger charge is 2.44. The molecule has 5 rings (SSSR count). The number of piperidine rings is 1. The first-order chi connectivity index (χ1) is 15.1. The van der Waals surface area contributed by atoms with Gasteiger partial charge in [0, 0.05) is 56.8 Å².